The number of rotatable bonds is 2. The molecule has 1 aromatic carbocycles. The molecule has 1 aliphatic carbocycles. The van der Waals surface area contributed by atoms with E-state index in [-0.39, 0.29) is 24.8 Å². The Balaban J connectivity index is 1.65. The van der Waals surface area contributed by atoms with Crippen LogP contribution in [0.4, 0.5) is 0 Å². The van der Waals surface area contributed by atoms with Crippen molar-refractivity contribution in [1.29, 1.82) is 0 Å². The summed E-state index contributed by atoms with van der Waals surface area (Å²) in [4.78, 5) is 1.96. The molecule has 4 aliphatic rings. The van der Waals surface area contributed by atoms with E-state index < -0.39 is 15.4 Å². The lowest BCUT2D eigenvalue weighted by Gasteiger charge is -2.50. The fraction of sp³-hybridized carbons (Fsp3) is 0.714. The molecule has 2 atom stereocenters. The molecule has 160 valence electrons. The molecule has 6 nitrogen and oxygen atoms in total. The van der Waals surface area contributed by atoms with Gasteiger partial charge in [-0.3, -0.25) is 0 Å². The van der Waals surface area contributed by atoms with Gasteiger partial charge in [0.15, 0.2) is 0 Å². The van der Waals surface area contributed by atoms with E-state index in [1.807, 2.05) is 23.1 Å². The van der Waals surface area contributed by atoms with E-state index in [0.717, 1.165) is 44.3 Å². The second-order valence-corrected chi connectivity index (χ2v) is 10.8. The van der Waals surface area contributed by atoms with Crippen molar-refractivity contribution in [2.45, 2.75) is 68.0 Å². The molecule has 9 heteroatoms. The largest absolute Gasteiger partial charge is 0.493 e. The molecule has 30 heavy (non-hydrogen) atoms. The van der Waals surface area contributed by atoms with Gasteiger partial charge in [-0.15, -0.1) is 0 Å². The van der Waals surface area contributed by atoms with Gasteiger partial charge in [0.25, 0.3) is 0 Å². The fourth-order valence-corrected chi connectivity index (χ4v) is 6.02. The van der Waals surface area contributed by atoms with E-state index in [2.05, 4.69) is 10.8 Å². The summed E-state index contributed by atoms with van der Waals surface area (Å²) >= 11 is 0. The van der Waals surface area contributed by atoms with Crippen molar-refractivity contribution in [3.63, 3.8) is 0 Å². The normalized spacial score (nSPS) is 32.6. The van der Waals surface area contributed by atoms with Crippen LogP contribution in [0.5, 0.6) is 5.75 Å². The number of hydrogen-bond donors (Lipinski definition) is 1. The second kappa shape index (κ2) is 8.85. The molecule has 1 N–H and O–H groups in total. The Hall–Kier alpha value is -1.02. The number of nitrogens with one attached hydrogen (secondary N) is 1. The first-order valence-corrected chi connectivity index (χ1v) is 12.8. The molecule has 2 fully saturated rings. The molecule has 4 radical (unpaired) electrons. The third kappa shape index (κ3) is 5.06. The van der Waals surface area contributed by atoms with E-state index >= 15 is 0 Å². The maximum absolute atomic E-state index is 12.0. The highest BCUT2D eigenvalue weighted by Crippen LogP contribution is 2.39. The van der Waals surface area contributed by atoms with Crippen molar-refractivity contribution in [1.82, 2.24) is 9.62 Å². The van der Waals surface area contributed by atoms with E-state index in [9.17, 15) is 8.42 Å². The average molecular weight is 428 g/mol. The highest BCUT2D eigenvalue weighted by molar-refractivity contribution is 7.88. The molecule has 5 rings (SSSR count). The van der Waals surface area contributed by atoms with Gasteiger partial charge in [-0.25, -0.2) is 13.1 Å². The van der Waals surface area contributed by atoms with Gasteiger partial charge in [-0.05, 0) is 68.0 Å². The van der Waals surface area contributed by atoms with E-state index in [1.165, 1.54) is 11.8 Å². The summed E-state index contributed by atoms with van der Waals surface area (Å²) in [6.45, 7) is 1.18. The third-order valence-electron chi connectivity index (χ3n) is 6.67. The van der Waals surface area contributed by atoms with E-state index in [1.54, 1.807) is 0 Å². The summed E-state index contributed by atoms with van der Waals surface area (Å²) in [5, 5.41) is -1.24. The molecule has 0 aromatic heterocycles. The number of hydrogen-bond acceptors (Lipinski definition) is 5. The molecular formula is C21H30B2N2O4S. The number of ether oxygens (including phenoxy) is 2. The highest BCUT2D eigenvalue weighted by Gasteiger charge is 2.41. The first-order valence-electron chi connectivity index (χ1n) is 10.9. The maximum atomic E-state index is 12.0. The highest BCUT2D eigenvalue weighted by atomic mass is 32.2. The first kappa shape index (κ1) is 22.2. The molecular weight excluding hydrogens is 398 g/mol. The van der Waals surface area contributed by atoms with Crippen molar-refractivity contribution in [3.05, 3.63) is 29.8 Å². The van der Waals surface area contributed by atoms with Crippen LogP contribution < -0.4 is 9.46 Å². The lowest BCUT2D eigenvalue weighted by Crippen LogP contribution is -2.67. The van der Waals surface area contributed by atoms with Gasteiger partial charge >= 0.3 is 0 Å². The molecule has 0 amide bonds. The third-order valence-corrected chi connectivity index (χ3v) is 7.40. The minimum absolute atomic E-state index is 0.113. The fourth-order valence-electron chi connectivity index (χ4n) is 5.19. The van der Waals surface area contributed by atoms with Gasteiger partial charge in [-0.1, -0.05) is 18.2 Å². The number of nitrogens with zero attached hydrogens (tertiary/aromatic N) is 1. The standard InChI is InChI=1S/C21H30B2N2O4S/c1-30(26,27)24-18-6-4-12-25-19(18)13-28-16-10-8-15(9-11-16)17-5-2-3-7-20(17)29-14-21(25,22)23/h2-3,5,7,15-16,18-19,24H,4,6,8-14H2,1H3/t15?,16?,18-,19-/m0/s1. The SMILES string of the molecule is [B]C1([B])COc2ccccc2C2CCC(CC2)OC[C@H]2[C@@H](NS(C)(=O)=O)CCCN21. The van der Waals surface area contributed by atoms with Gasteiger partial charge in [0.2, 0.25) is 10.0 Å². The monoisotopic (exact) mass is 428 g/mol. The molecule has 0 spiro atoms. The van der Waals surface area contributed by atoms with Crippen LogP contribution in [-0.2, 0) is 14.8 Å². The molecule has 1 aromatic rings. The van der Waals surface area contributed by atoms with Crippen LogP contribution in [0.15, 0.2) is 24.3 Å². The van der Waals surface area contributed by atoms with Crippen molar-refractivity contribution < 1.29 is 17.9 Å². The van der Waals surface area contributed by atoms with Gasteiger partial charge < -0.3 is 14.4 Å². The summed E-state index contributed by atoms with van der Waals surface area (Å²) in [6, 6.07) is 7.58. The molecule has 2 bridgehead atoms. The van der Waals surface area contributed by atoms with Crippen LogP contribution >= 0.6 is 0 Å². The van der Waals surface area contributed by atoms with Crippen molar-refractivity contribution in [2.75, 3.05) is 26.0 Å². The lowest BCUT2D eigenvalue weighted by atomic mass is 9.60. The lowest BCUT2D eigenvalue weighted by molar-refractivity contribution is -0.0384. The minimum atomic E-state index is -3.36. The number of para-hydroxylation sites is 1. The van der Waals surface area contributed by atoms with Crippen LogP contribution in [0.1, 0.15) is 50.0 Å². The number of piperidine rings is 1. The first-order chi connectivity index (χ1) is 14.2. The van der Waals surface area contributed by atoms with Crippen molar-refractivity contribution >= 4 is 25.7 Å². The topological polar surface area (TPSA) is 67.9 Å². The van der Waals surface area contributed by atoms with Crippen LogP contribution in [0.25, 0.3) is 0 Å². The average Bonchev–Trinajstić information content (AvgIpc) is 2.71. The molecule has 3 heterocycles. The van der Waals surface area contributed by atoms with Crippen LogP contribution in [0.2, 0.25) is 0 Å². The molecule has 1 saturated heterocycles. The summed E-state index contributed by atoms with van der Waals surface area (Å²) < 4.78 is 39.2. The van der Waals surface area contributed by atoms with E-state index in [0.29, 0.717) is 19.1 Å². The van der Waals surface area contributed by atoms with Crippen LogP contribution in [0.3, 0.4) is 0 Å². The summed E-state index contributed by atoms with van der Waals surface area (Å²) in [6.07, 6.45) is 6.92. The number of benzene rings is 1. The van der Waals surface area contributed by atoms with E-state index in [4.69, 9.17) is 25.2 Å². The Morgan fingerprint density at radius 2 is 1.87 bits per heavy atom. The Morgan fingerprint density at radius 3 is 2.60 bits per heavy atom. The van der Waals surface area contributed by atoms with Gasteiger partial charge in [0.1, 0.15) is 5.75 Å². The van der Waals surface area contributed by atoms with Gasteiger partial charge in [0, 0.05) is 12.1 Å². The summed E-state index contributed by atoms with van der Waals surface area (Å²) in [7, 11) is 9.77. The molecule has 3 aliphatic heterocycles. The quantitative estimate of drug-likeness (QED) is 0.724. The Bertz CT molecular complexity index is 843. The molecule has 0 unspecified atom stereocenters. The van der Waals surface area contributed by atoms with Gasteiger partial charge in [-0.2, -0.15) is 0 Å². The number of sulfonamides is 1. The number of fused-ring (bicyclic) bond motifs is 5. The van der Waals surface area contributed by atoms with Gasteiger partial charge in [0.05, 0.1) is 41.3 Å². The molecule has 1 saturated carbocycles. The van der Waals surface area contributed by atoms with Crippen molar-refractivity contribution in [3.8, 4) is 5.75 Å². The summed E-state index contributed by atoms with van der Waals surface area (Å²) in [5.41, 5.74) is 1.21. The summed E-state index contributed by atoms with van der Waals surface area (Å²) in [5.74, 6) is 1.27. The maximum Gasteiger partial charge on any atom is 0.209 e. The second-order valence-electron chi connectivity index (χ2n) is 9.02. The predicted molar refractivity (Wildman–Crippen MR) is 119 cm³/mol. The zero-order valence-electron chi connectivity index (χ0n) is 17.6. The zero-order chi connectivity index (χ0) is 21.4. The Kier molecular flexibility index (Phi) is 6.54. The zero-order valence-corrected chi connectivity index (χ0v) is 18.4. The predicted octanol–water partition coefficient (Wildman–Crippen LogP) is 1.49. The Morgan fingerprint density at radius 1 is 1.13 bits per heavy atom. The van der Waals surface area contributed by atoms with Crippen LogP contribution in [0, 0.1) is 0 Å². The minimum Gasteiger partial charge on any atom is -0.493 e. The Labute approximate surface area is 182 Å². The van der Waals surface area contributed by atoms with Crippen molar-refractivity contribution in [2.24, 2.45) is 0 Å². The van der Waals surface area contributed by atoms with Crippen LogP contribution in [-0.4, -0.2) is 78.5 Å². The smallest absolute Gasteiger partial charge is 0.209 e.